The average Bonchev–Trinajstić information content (AvgIpc) is 2.55. The van der Waals surface area contributed by atoms with E-state index in [2.05, 4.69) is 10.9 Å². The van der Waals surface area contributed by atoms with Crippen molar-refractivity contribution in [3.63, 3.8) is 0 Å². The Labute approximate surface area is 137 Å². The van der Waals surface area contributed by atoms with Gasteiger partial charge >= 0.3 is 0 Å². The average molecular weight is 325 g/mol. The van der Waals surface area contributed by atoms with Crippen LogP contribution < -0.4 is 10.9 Å². The summed E-state index contributed by atoms with van der Waals surface area (Å²) < 4.78 is 0. The second-order valence-electron chi connectivity index (χ2n) is 5.39. The Morgan fingerprint density at radius 1 is 0.958 bits per heavy atom. The number of phenols is 2. The van der Waals surface area contributed by atoms with Crippen LogP contribution in [0.2, 0.25) is 0 Å². The van der Waals surface area contributed by atoms with E-state index in [1.807, 2.05) is 31.2 Å². The number of non-ortho nitro benzene ring substituents is 1. The highest BCUT2D eigenvalue weighted by molar-refractivity contribution is 5.97. The highest BCUT2D eigenvalue weighted by Crippen LogP contribution is 2.34. The smallest absolute Gasteiger partial charge is 0.273 e. The van der Waals surface area contributed by atoms with E-state index in [4.69, 9.17) is 0 Å². The van der Waals surface area contributed by atoms with Gasteiger partial charge in [0, 0.05) is 11.5 Å². The van der Waals surface area contributed by atoms with Crippen molar-refractivity contribution < 1.29 is 15.1 Å². The zero-order chi connectivity index (χ0) is 17.3. The number of nitrogens with one attached hydrogen (secondary N) is 2. The Morgan fingerprint density at radius 3 is 2.46 bits per heavy atom. The number of fused-ring (bicyclic) bond motifs is 1. The largest absolute Gasteiger partial charge is 0.506 e. The second kappa shape index (κ2) is 5.96. The SMILES string of the molecule is Cc1ccc2c(NNc3ccc([N+](=O)[O-])cc3O)c(O)ccc2c1. The van der Waals surface area contributed by atoms with Gasteiger partial charge in [-0.05, 0) is 24.4 Å². The number of nitrogens with zero attached hydrogens (tertiary/aromatic N) is 1. The van der Waals surface area contributed by atoms with Gasteiger partial charge in [0.15, 0.2) is 0 Å². The van der Waals surface area contributed by atoms with Crippen molar-refractivity contribution >= 4 is 27.8 Å². The number of benzene rings is 3. The van der Waals surface area contributed by atoms with Gasteiger partial charge in [0.25, 0.3) is 5.69 Å². The minimum Gasteiger partial charge on any atom is -0.506 e. The third-order valence-electron chi connectivity index (χ3n) is 3.67. The van der Waals surface area contributed by atoms with Gasteiger partial charge in [-0.2, -0.15) is 0 Å². The molecule has 3 aromatic carbocycles. The molecule has 7 heteroatoms. The molecule has 0 heterocycles. The minimum atomic E-state index is -0.588. The van der Waals surface area contributed by atoms with Crippen molar-refractivity contribution in [2.75, 3.05) is 10.9 Å². The standard InChI is InChI=1S/C17H15N3O4/c1-10-2-5-13-11(8-10)3-7-15(21)17(13)19-18-14-6-4-12(20(23)24)9-16(14)22/h2-9,18-19,21-22H,1H3. The molecule has 0 amide bonds. The van der Waals surface area contributed by atoms with Crippen molar-refractivity contribution in [2.24, 2.45) is 0 Å². The fourth-order valence-electron chi connectivity index (χ4n) is 2.44. The number of nitro benzene ring substituents is 1. The molecule has 0 radical (unpaired) electrons. The molecule has 0 unspecified atom stereocenters. The summed E-state index contributed by atoms with van der Waals surface area (Å²) in [6.45, 7) is 1.98. The summed E-state index contributed by atoms with van der Waals surface area (Å²) in [5, 5.41) is 32.4. The van der Waals surface area contributed by atoms with E-state index in [0.717, 1.165) is 22.4 Å². The molecule has 0 saturated carbocycles. The molecule has 3 aromatic rings. The number of hydrogen-bond acceptors (Lipinski definition) is 6. The van der Waals surface area contributed by atoms with Crippen LogP contribution in [-0.4, -0.2) is 15.1 Å². The van der Waals surface area contributed by atoms with Crippen LogP contribution in [0.5, 0.6) is 11.5 Å². The molecule has 24 heavy (non-hydrogen) atoms. The number of hydrogen-bond donors (Lipinski definition) is 4. The van der Waals surface area contributed by atoms with Crippen LogP contribution >= 0.6 is 0 Å². The number of anilines is 2. The van der Waals surface area contributed by atoms with Gasteiger partial charge in [0.2, 0.25) is 0 Å². The highest BCUT2D eigenvalue weighted by Gasteiger charge is 2.11. The quantitative estimate of drug-likeness (QED) is 0.329. The van der Waals surface area contributed by atoms with Crippen molar-refractivity contribution in [1.82, 2.24) is 0 Å². The maximum Gasteiger partial charge on any atom is 0.273 e. The van der Waals surface area contributed by atoms with E-state index in [1.165, 1.54) is 12.1 Å². The first kappa shape index (κ1) is 15.4. The van der Waals surface area contributed by atoms with Crippen LogP contribution in [0.3, 0.4) is 0 Å². The fraction of sp³-hybridized carbons (Fsp3) is 0.0588. The summed E-state index contributed by atoms with van der Waals surface area (Å²) in [4.78, 5) is 10.1. The Morgan fingerprint density at radius 2 is 1.75 bits per heavy atom. The molecule has 0 aliphatic carbocycles. The zero-order valence-electron chi connectivity index (χ0n) is 12.8. The summed E-state index contributed by atoms with van der Waals surface area (Å²) in [5.74, 6) is -0.229. The van der Waals surface area contributed by atoms with Gasteiger partial charge in [-0.15, -0.1) is 0 Å². The van der Waals surface area contributed by atoms with Crippen molar-refractivity contribution in [1.29, 1.82) is 0 Å². The summed E-state index contributed by atoms with van der Waals surface area (Å²) in [5.41, 5.74) is 7.21. The van der Waals surface area contributed by atoms with Gasteiger partial charge in [0.1, 0.15) is 17.2 Å². The highest BCUT2D eigenvalue weighted by atomic mass is 16.6. The molecule has 0 aliphatic heterocycles. The summed E-state index contributed by atoms with van der Waals surface area (Å²) in [6, 6.07) is 12.9. The number of aryl methyl sites for hydroxylation is 1. The minimum absolute atomic E-state index is 0.0419. The van der Waals surface area contributed by atoms with E-state index in [1.54, 1.807) is 6.07 Å². The molecule has 0 saturated heterocycles. The predicted octanol–water partition coefficient (Wildman–Crippen LogP) is 3.91. The number of hydrazine groups is 1. The maximum absolute atomic E-state index is 10.7. The first-order valence-corrected chi connectivity index (χ1v) is 7.17. The van der Waals surface area contributed by atoms with Gasteiger partial charge in [0.05, 0.1) is 16.7 Å². The van der Waals surface area contributed by atoms with Gasteiger partial charge < -0.3 is 10.2 Å². The second-order valence-corrected chi connectivity index (χ2v) is 5.39. The van der Waals surface area contributed by atoms with Crippen molar-refractivity contribution in [3.05, 3.63) is 64.2 Å². The van der Waals surface area contributed by atoms with E-state index in [0.29, 0.717) is 5.69 Å². The van der Waals surface area contributed by atoms with Gasteiger partial charge in [-0.1, -0.05) is 29.8 Å². The van der Waals surface area contributed by atoms with Crippen LogP contribution in [0.15, 0.2) is 48.5 Å². The van der Waals surface area contributed by atoms with Crippen LogP contribution in [0.1, 0.15) is 5.56 Å². The lowest BCUT2D eigenvalue weighted by atomic mass is 10.1. The molecule has 3 rings (SSSR count). The Balaban J connectivity index is 1.91. The summed E-state index contributed by atoms with van der Waals surface area (Å²) in [6.07, 6.45) is 0. The van der Waals surface area contributed by atoms with Crippen LogP contribution in [-0.2, 0) is 0 Å². The zero-order valence-corrected chi connectivity index (χ0v) is 12.8. The maximum atomic E-state index is 10.7. The van der Waals surface area contributed by atoms with Crippen LogP contribution in [0.4, 0.5) is 17.1 Å². The van der Waals surface area contributed by atoms with E-state index in [-0.39, 0.29) is 22.9 Å². The normalized spacial score (nSPS) is 10.5. The molecule has 0 aromatic heterocycles. The fourth-order valence-corrected chi connectivity index (χ4v) is 2.44. The first-order valence-electron chi connectivity index (χ1n) is 7.17. The lowest BCUT2D eigenvalue weighted by Crippen LogP contribution is -2.09. The van der Waals surface area contributed by atoms with E-state index in [9.17, 15) is 20.3 Å². The first-order chi connectivity index (χ1) is 11.5. The van der Waals surface area contributed by atoms with Crippen molar-refractivity contribution in [2.45, 2.75) is 6.92 Å². The monoisotopic (exact) mass is 325 g/mol. The lowest BCUT2D eigenvalue weighted by Gasteiger charge is -2.15. The molecular weight excluding hydrogens is 310 g/mol. The predicted molar refractivity (Wildman–Crippen MR) is 92.4 cm³/mol. The van der Waals surface area contributed by atoms with Gasteiger partial charge in [-0.25, -0.2) is 0 Å². The summed E-state index contributed by atoms with van der Waals surface area (Å²) >= 11 is 0. The number of aromatic hydroxyl groups is 2. The van der Waals surface area contributed by atoms with Crippen LogP contribution in [0, 0.1) is 17.0 Å². The Kier molecular flexibility index (Phi) is 3.83. The van der Waals surface area contributed by atoms with E-state index >= 15 is 0 Å². The lowest BCUT2D eigenvalue weighted by molar-refractivity contribution is -0.384. The third-order valence-corrected chi connectivity index (χ3v) is 3.67. The van der Waals surface area contributed by atoms with Crippen LogP contribution in [0.25, 0.3) is 10.8 Å². The molecule has 0 spiro atoms. The number of phenolic OH excluding ortho intramolecular Hbond substituents is 2. The molecule has 7 nitrogen and oxygen atoms in total. The number of rotatable bonds is 4. The van der Waals surface area contributed by atoms with Gasteiger partial charge in [-0.3, -0.25) is 21.0 Å². The molecule has 122 valence electrons. The Bertz CT molecular complexity index is 941. The number of nitro groups is 1. The Hall–Kier alpha value is -3.48. The van der Waals surface area contributed by atoms with Crippen molar-refractivity contribution in [3.8, 4) is 11.5 Å². The summed E-state index contributed by atoms with van der Waals surface area (Å²) in [7, 11) is 0. The molecule has 4 N–H and O–H groups in total. The molecule has 0 bridgehead atoms. The molecule has 0 fully saturated rings. The molecule has 0 atom stereocenters. The topological polar surface area (TPSA) is 108 Å². The molecular formula is C17H15N3O4. The molecule has 0 aliphatic rings. The third kappa shape index (κ3) is 2.87. The van der Waals surface area contributed by atoms with E-state index < -0.39 is 4.92 Å².